The minimum Gasteiger partial charge on any atom is -0.507 e. The minimum atomic E-state index is -1.09. The van der Waals surface area contributed by atoms with Crippen LogP contribution in [0.15, 0.2) is 78.4 Å². The highest BCUT2D eigenvalue weighted by Gasteiger charge is 2.47. The third-order valence-corrected chi connectivity index (χ3v) is 5.63. The highest BCUT2D eigenvalue weighted by molar-refractivity contribution is 6.51. The average Bonchev–Trinajstić information content (AvgIpc) is 3.14. The van der Waals surface area contributed by atoms with Gasteiger partial charge in [-0.3, -0.25) is 24.6 Å². The summed E-state index contributed by atoms with van der Waals surface area (Å²) in [7, 11) is 1.50. The molecule has 0 unspecified atom stereocenters. The van der Waals surface area contributed by atoms with E-state index < -0.39 is 22.7 Å². The Labute approximate surface area is 201 Å². The van der Waals surface area contributed by atoms with E-state index in [9.17, 15) is 24.8 Å². The van der Waals surface area contributed by atoms with Crippen molar-refractivity contribution >= 4 is 28.8 Å². The Balaban J connectivity index is 1.90. The number of rotatable bonds is 7. The Hall–Kier alpha value is -4.66. The Bertz CT molecular complexity index is 1310. The van der Waals surface area contributed by atoms with Crippen LogP contribution < -0.4 is 14.4 Å². The second kappa shape index (κ2) is 9.68. The number of ketones is 1. The van der Waals surface area contributed by atoms with Gasteiger partial charge in [-0.25, -0.2) is 0 Å². The van der Waals surface area contributed by atoms with Crippen LogP contribution in [0.2, 0.25) is 0 Å². The fourth-order valence-corrected chi connectivity index (χ4v) is 4.00. The molecular formula is C26H22N2O7. The Morgan fingerprint density at radius 2 is 1.69 bits per heavy atom. The van der Waals surface area contributed by atoms with Crippen LogP contribution in [0.5, 0.6) is 11.5 Å². The molecule has 1 heterocycles. The van der Waals surface area contributed by atoms with Crippen molar-refractivity contribution < 1.29 is 29.1 Å². The van der Waals surface area contributed by atoms with E-state index in [0.717, 1.165) is 0 Å². The third kappa shape index (κ3) is 4.43. The molecular weight excluding hydrogens is 452 g/mol. The average molecular weight is 474 g/mol. The highest BCUT2D eigenvalue weighted by atomic mass is 16.6. The van der Waals surface area contributed by atoms with Crippen molar-refractivity contribution in [2.75, 3.05) is 18.6 Å². The number of non-ortho nitro benzene ring substituents is 1. The summed E-state index contributed by atoms with van der Waals surface area (Å²) in [5.41, 5.74) is 0.604. The van der Waals surface area contributed by atoms with Crippen LogP contribution in [0.1, 0.15) is 24.1 Å². The number of benzene rings is 3. The zero-order valence-electron chi connectivity index (χ0n) is 19.0. The second-order valence-corrected chi connectivity index (χ2v) is 7.68. The molecule has 35 heavy (non-hydrogen) atoms. The summed E-state index contributed by atoms with van der Waals surface area (Å²) in [6.45, 7) is 2.30. The van der Waals surface area contributed by atoms with Gasteiger partial charge in [0.15, 0.2) is 0 Å². The minimum absolute atomic E-state index is 0.171. The molecule has 1 atom stereocenters. The lowest BCUT2D eigenvalue weighted by Crippen LogP contribution is -2.29. The molecule has 0 spiro atoms. The van der Waals surface area contributed by atoms with Crippen LogP contribution in [0.25, 0.3) is 5.76 Å². The summed E-state index contributed by atoms with van der Waals surface area (Å²) in [5.74, 6) is -1.02. The van der Waals surface area contributed by atoms with Gasteiger partial charge in [-0.1, -0.05) is 12.1 Å². The molecule has 0 aromatic heterocycles. The maximum atomic E-state index is 13.2. The number of hydrogen-bond donors (Lipinski definition) is 1. The predicted molar refractivity (Wildman–Crippen MR) is 128 cm³/mol. The number of Topliss-reactive ketones (excluding diaryl/α,β-unsaturated/α-hetero) is 1. The number of ether oxygens (including phenoxy) is 2. The van der Waals surface area contributed by atoms with Crippen molar-refractivity contribution in [3.05, 3.63) is 99.6 Å². The smallest absolute Gasteiger partial charge is 0.300 e. The van der Waals surface area contributed by atoms with Gasteiger partial charge in [0.05, 0.1) is 30.3 Å². The van der Waals surface area contributed by atoms with Crippen molar-refractivity contribution in [3.63, 3.8) is 0 Å². The van der Waals surface area contributed by atoms with Crippen LogP contribution in [-0.2, 0) is 9.59 Å². The number of methoxy groups -OCH3 is 1. The van der Waals surface area contributed by atoms with Crippen molar-refractivity contribution in [1.82, 2.24) is 0 Å². The number of anilines is 1. The predicted octanol–water partition coefficient (Wildman–Crippen LogP) is 4.63. The first-order valence-electron chi connectivity index (χ1n) is 10.8. The van der Waals surface area contributed by atoms with Gasteiger partial charge >= 0.3 is 0 Å². The molecule has 178 valence electrons. The lowest BCUT2D eigenvalue weighted by Gasteiger charge is -2.25. The van der Waals surface area contributed by atoms with Gasteiger partial charge in [-0.05, 0) is 61.0 Å². The maximum Gasteiger partial charge on any atom is 0.300 e. The number of amides is 1. The fourth-order valence-electron chi connectivity index (χ4n) is 4.00. The van der Waals surface area contributed by atoms with E-state index in [4.69, 9.17) is 9.47 Å². The van der Waals surface area contributed by atoms with Gasteiger partial charge in [0.1, 0.15) is 17.3 Å². The fraction of sp³-hybridized carbons (Fsp3) is 0.154. The largest absolute Gasteiger partial charge is 0.507 e. The molecule has 1 amide bonds. The van der Waals surface area contributed by atoms with E-state index in [1.807, 2.05) is 6.92 Å². The number of hydrogen-bond acceptors (Lipinski definition) is 7. The molecule has 3 aromatic rings. The van der Waals surface area contributed by atoms with Gasteiger partial charge in [0.2, 0.25) is 0 Å². The molecule has 3 aromatic carbocycles. The molecule has 0 radical (unpaired) electrons. The number of nitrogens with zero attached hydrogens (tertiary/aromatic N) is 2. The topological polar surface area (TPSA) is 119 Å². The van der Waals surface area contributed by atoms with Gasteiger partial charge in [0.25, 0.3) is 17.4 Å². The molecule has 1 aliphatic heterocycles. The third-order valence-electron chi connectivity index (χ3n) is 5.63. The summed E-state index contributed by atoms with van der Waals surface area (Å²) >= 11 is 0. The van der Waals surface area contributed by atoms with E-state index >= 15 is 0 Å². The van der Waals surface area contributed by atoms with E-state index in [2.05, 4.69) is 0 Å². The number of carbonyl (C=O) groups is 2. The number of nitro benzene ring substituents is 1. The van der Waals surface area contributed by atoms with Gasteiger partial charge in [-0.2, -0.15) is 0 Å². The lowest BCUT2D eigenvalue weighted by atomic mass is 9.94. The number of aliphatic hydroxyl groups excluding tert-OH is 1. The summed E-state index contributed by atoms with van der Waals surface area (Å²) < 4.78 is 10.6. The van der Waals surface area contributed by atoms with Crippen LogP contribution in [-0.4, -0.2) is 35.4 Å². The van der Waals surface area contributed by atoms with E-state index in [1.54, 1.807) is 54.6 Å². The van der Waals surface area contributed by atoms with Gasteiger partial charge < -0.3 is 14.6 Å². The van der Waals surface area contributed by atoms with Crippen molar-refractivity contribution in [3.8, 4) is 11.5 Å². The van der Waals surface area contributed by atoms with E-state index in [1.165, 1.54) is 30.2 Å². The monoisotopic (exact) mass is 474 g/mol. The first-order valence-corrected chi connectivity index (χ1v) is 10.8. The number of carbonyl (C=O) groups excluding carboxylic acids is 2. The van der Waals surface area contributed by atoms with E-state index in [-0.39, 0.29) is 17.0 Å². The first-order chi connectivity index (χ1) is 16.8. The quantitative estimate of drug-likeness (QED) is 0.174. The van der Waals surface area contributed by atoms with Crippen molar-refractivity contribution in [1.29, 1.82) is 0 Å². The first kappa shape index (κ1) is 23.5. The number of nitro groups is 1. The summed E-state index contributed by atoms with van der Waals surface area (Å²) in [4.78, 5) is 38.5. The van der Waals surface area contributed by atoms with Gasteiger partial charge in [-0.15, -0.1) is 0 Å². The number of aliphatic hydroxyl groups is 1. The molecule has 9 nitrogen and oxygen atoms in total. The summed E-state index contributed by atoms with van der Waals surface area (Å²) in [6, 6.07) is 17.5. The lowest BCUT2D eigenvalue weighted by molar-refractivity contribution is -0.384. The molecule has 4 rings (SSSR count). The van der Waals surface area contributed by atoms with E-state index in [0.29, 0.717) is 34.9 Å². The molecule has 1 saturated heterocycles. The Kier molecular flexibility index (Phi) is 6.50. The molecule has 1 N–H and O–H groups in total. The normalized spacial score (nSPS) is 16.9. The SMILES string of the molecule is CCOc1ccc(/C(O)=C2\C(=O)C(=O)N(c3ccc(OC)cc3)[C@H]2c2cccc([N+](=O)[O-])c2)cc1. The second-order valence-electron chi connectivity index (χ2n) is 7.68. The molecule has 0 aliphatic carbocycles. The molecule has 0 saturated carbocycles. The van der Waals surface area contributed by atoms with Crippen molar-refractivity contribution in [2.24, 2.45) is 0 Å². The summed E-state index contributed by atoms with van der Waals surface area (Å²) in [5, 5.41) is 22.6. The molecule has 1 fully saturated rings. The van der Waals surface area contributed by atoms with Crippen molar-refractivity contribution in [2.45, 2.75) is 13.0 Å². The molecule has 1 aliphatic rings. The molecule has 0 bridgehead atoms. The highest BCUT2D eigenvalue weighted by Crippen LogP contribution is 2.43. The maximum absolute atomic E-state index is 13.2. The standard InChI is InChI=1S/C26H22N2O7/c1-3-35-21-11-7-16(8-12-21)24(29)22-23(17-5-4-6-19(15-17)28(32)33)27(26(31)25(22)30)18-9-13-20(34-2)14-10-18/h4-15,23,29H,3H2,1-2H3/b24-22+/t23-/m0/s1. The zero-order valence-corrected chi connectivity index (χ0v) is 19.0. The zero-order chi connectivity index (χ0) is 25.1. The van der Waals surface area contributed by atoms with Crippen LogP contribution in [0.3, 0.4) is 0 Å². The van der Waals surface area contributed by atoms with Crippen LogP contribution >= 0.6 is 0 Å². The Morgan fingerprint density at radius 3 is 2.29 bits per heavy atom. The van der Waals surface area contributed by atoms with Crippen LogP contribution in [0.4, 0.5) is 11.4 Å². The Morgan fingerprint density at radius 1 is 1.03 bits per heavy atom. The molecule has 9 heteroatoms. The van der Waals surface area contributed by atoms with Gasteiger partial charge in [0, 0.05) is 23.4 Å². The van der Waals surface area contributed by atoms with Crippen LogP contribution in [0, 0.1) is 10.1 Å². The summed E-state index contributed by atoms with van der Waals surface area (Å²) in [6.07, 6.45) is 0.